The van der Waals surface area contributed by atoms with E-state index in [1.54, 1.807) is 0 Å². The quantitative estimate of drug-likeness (QED) is 0.165. The van der Waals surface area contributed by atoms with E-state index in [0.717, 1.165) is 55.7 Å². The van der Waals surface area contributed by atoms with Crippen LogP contribution in [-0.4, -0.2) is 0 Å². The second kappa shape index (κ2) is 15.4. The van der Waals surface area contributed by atoms with Crippen LogP contribution in [0.3, 0.4) is 0 Å². The van der Waals surface area contributed by atoms with Crippen molar-refractivity contribution in [2.45, 2.75) is 5.41 Å². The molecule has 0 bridgehead atoms. The Hall–Kier alpha value is -9.24. The van der Waals surface area contributed by atoms with E-state index in [2.05, 4.69) is 266 Å². The van der Waals surface area contributed by atoms with Crippen LogP contribution in [-0.2, 0) is 5.41 Å². The van der Waals surface area contributed by atoms with Gasteiger partial charge in [-0.1, -0.05) is 194 Å². The largest absolute Gasteiger partial charge is 0.456 e. The van der Waals surface area contributed by atoms with Gasteiger partial charge in [-0.2, -0.15) is 0 Å². The van der Waals surface area contributed by atoms with Gasteiger partial charge in [0.2, 0.25) is 0 Å². The Bertz CT molecular complexity index is 4240. The summed E-state index contributed by atoms with van der Waals surface area (Å²) >= 11 is 0. The first-order valence-corrected chi connectivity index (χ1v) is 24.6. The molecule has 0 aliphatic heterocycles. The van der Waals surface area contributed by atoms with E-state index in [1.165, 1.54) is 82.7 Å². The maximum absolute atomic E-state index is 6.52. The van der Waals surface area contributed by atoms with Crippen LogP contribution < -0.4 is 4.90 Å². The summed E-state index contributed by atoms with van der Waals surface area (Å²) in [6.07, 6.45) is 0. The molecule has 71 heavy (non-hydrogen) atoms. The van der Waals surface area contributed by atoms with Crippen molar-refractivity contribution in [3.8, 4) is 55.6 Å². The highest BCUT2D eigenvalue weighted by atomic mass is 16.3. The van der Waals surface area contributed by atoms with Gasteiger partial charge in [0, 0.05) is 27.7 Å². The van der Waals surface area contributed by atoms with E-state index in [4.69, 9.17) is 4.42 Å². The molecule has 0 amide bonds. The van der Waals surface area contributed by atoms with E-state index in [1.807, 2.05) is 0 Å². The Balaban J connectivity index is 0.918. The number of anilines is 3. The molecular formula is C69H43NO. The first kappa shape index (κ1) is 39.7. The fraction of sp³-hybridized carbons (Fsp3) is 0.0145. The first-order chi connectivity index (χ1) is 35.2. The number of nitrogens with zero attached hydrogens (tertiary/aromatic N) is 1. The molecule has 1 spiro atoms. The summed E-state index contributed by atoms with van der Waals surface area (Å²) in [6.45, 7) is 0. The highest BCUT2D eigenvalue weighted by Gasteiger charge is 2.51. The molecule has 2 aliphatic rings. The lowest BCUT2D eigenvalue weighted by molar-refractivity contribution is 0.669. The van der Waals surface area contributed by atoms with E-state index < -0.39 is 5.41 Å². The zero-order chi connectivity index (χ0) is 46.6. The third-order valence-electron chi connectivity index (χ3n) is 15.4. The lowest BCUT2D eigenvalue weighted by Gasteiger charge is -2.32. The van der Waals surface area contributed by atoms with Crippen LogP contribution in [0.15, 0.2) is 265 Å². The van der Waals surface area contributed by atoms with Crippen molar-refractivity contribution in [1.82, 2.24) is 0 Å². The predicted molar refractivity (Wildman–Crippen MR) is 296 cm³/mol. The number of rotatable bonds is 6. The van der Waals surface area contributed by atoms with Crippen molar-refractivity contribution < 1.29 is 4.42 Å². The smallest absolute Gasteiger partial charge is 0.136 e. The van der Waals surface area contributed by atoms with Gasteiger partial charge in [-0.25, -0.2) is 0 Å². The van der Waals surface area contributed by atoms with Gasteiger partial charge in [0.1, 0.15) is 11.2 Å². The molecule has 13 aromatic rings. The summed E-state index contributed by atoms with van der Waals surface area (Å²) in [5, 5.41) is 7.10. The second-order valence-corrected chi connectivity index (χ2v) is 19.2. The van der Waals surface area contributed by atoms with Crippen LogP contribution >= 0.6 is 0 Å². The molecule has 0 atom stereocenters. The maximum atomic E-state index is 6.52. The molecule has 0 unspecified atom stereocenters. The SMILES string of the molecule is c1cc(-c2ccc(N(c3ccc4c(c3)C3(c5ccccc5-c5ccccc53)c3ccccc3-4)c3ccccc3-c3ccc4oc5cc6ccccc6cc5c4c3)cc2)cc(-c2ccc3ccccc3c2)c1. The molecule has 12 aromatic carbocycles. The first-order valence-electron chi connectivity index (χ1n) is 24.6. The van der Waals surface area contributed by atoms with E-state index in [0.29, 0.717) is 0 Å². The molecule has 15 rings (SSSR count). The van der Waals surface area contributed by atoms with E-state index in [-0.39, 0.29) is 0 Å². The van der Waals surface area contributed by atoms with Crippen LogP contribution in [0, 0.1) is 0 Å². The van der Waals surface area contributed by atoms with Gasteiger partial charge in [0.05, 0.1) is 11.1 Å². The van der Waals surface area contributed by atoms with Crippen LogP contribution in [0.4, 0.5) is 17.1 Å². The Morgan fingerprint density at radius 3 is 1.48 bits per heavy atom. The minimum Gasteiger partial charge on any atom is -0.456 e. The molecule has 2 heteroatoms. The molecule has 0 fully saturated rings. The zero-order valence-corrected chi connectivity index (χ0v) is 38.7. The van der Waals surface area contributed by atoms with Gasteiger partial charge in [-0.05, 0) is 161 Å². The highest BCUT2D eigenvalue weighted by molar-refractivity contribution is 6.11. The number of hydrogen-bond acceptors (Lipinski definition) is 2. The summed E-state index contributed by atoms with van der Waals surface area (Å²) in [7, 11) is 0. The number of hydrogen-bond donors (Lipinski definition) is 0. The summed E-state index contributed by atoms with van der Waals surface area (Å²) in [4.78, 5) is 2.47. The summed E-state index contributed by atoms with van der Waals surface area (Å²) in [5.74, 6) is 0. The minimum absolute atomic E-state index is 0.474. The van der Waals surface area contributed by atoms with Gasteiger partial charge in [-0.15, -0.1) is 0 Å². The summed E-state index contributed by atoms with van der Waals surface area (Å²) < 4.78 is 6.52. The molecule has 330 valence electrons. The third kappa shape index (κ3) is 5.95. The molecular weight excluding hydrogens is 859 g/mol. The van der Waals surface area contributed by atoms with Gasteiger partial charge < -0.3 is 9.32 Å². The normalized spacial score (nSPS) is 12.9. The third-order valence-corrected chi connectivity index (χ3v) is 15.4. The van der Waals surface area contributed by atoms with Crippen molar-refractivity contribution >= 4 is 60.5 Å². The lowest BCUT2D eigenvalue weighted by atomic mass is 9.70. The van der Waals surface area contributed by atoms with Crippen molar-refractivity contribution in [3.63, 3.8) is 0 Å². The number of fused-ring (bicyclic) bond motifs is 15. The second-order valence-electron chi connectivity index (χ2n) is 19.2. The molecule has 1 heterocycles. The van der Waals surface area contributed by atoms with Crippen molar-refractivity contribution in [2.75, 3.05) is 4.90 Å². The van der Waals surface area contributed by atoms with Crippen molar-refractivity contribution in [2.24, 2.45) is 0 Å². The average molecular weight is 902 g/mol. The van der Waals surface area contributed by atoms with E-state index in [9.17, 15) is 0 Å². The Morgan fingerprint density at radius 1 is 0.268 bits per heavy atom. The molecule has 1 aromatic heterocycles. The van der Waals surface area contributed by atoms with Crippen LogP contribution in [0.5, 0.6) is 0 Å². The molecule has 0 radical (unpaired) electrons. The Labute approximate surface area is 412 Å². The molecule has 0 N–H and O–H groups in total. The van der Waals surface area contributed by atoms with Gasteiger partial charge >= 0.3 is 0 Å². The number of para-hydroxylation sites is 1. The Kier molecular flexibility index (Phi) is 8.61. The number of benzene rings is 12. The maximum Gasteiger partial charge on any atom is 0.136 e. The van der Waals surface area contributed by atoms with Gasteiger partial charge in [-0.3, -0.25) is 0 Å². The van der Waals surface area contributed by atoms with Crippen LogP contribution in [0.25, 0.3) is 99.1 Å². The van der Waals surface area contributed by atoms with Crippen molar-refractivity contribution in [1.29, 1.82) is 0 Å². The molecule has 0 saturated heterocycles. The average Bonchev–Trinajstić information content (AvgIpc) is 4.06. The zero-order valence-electron chi connectivity index (χ0n) is 38.7. The molecule has 0 saturated carbocycles. The standard InChI is InChI=1S/C69H43NO/c1-2-15-46-39-51(29-28-44(46)14-1)48-19-13-18-47(38-48)45-30-33-53(34-31-45)70(66-27-12-8-20-55(66)52-32-37-67-60(41-52)61-40-49-16-3-4-17-50(49)42-68(61)71-67)54-35-36-59-58-23-7-11-26-64(58)69(65(59)43-54)62-24-9-5-21-56(62)57-22-6-10-25-63(57)69/h1-43H. The fourth-order valence-corrected chi connectivity index (χ4v) is 12.2. The van der Waals surface area contributed by atoms with Crippen molar-refractivity contribution in [3.05, 3.63) is 283 Å². The molecule has 2 aliphatic carbocycles. The lowest BCUT2D eigenvalue weighted by Crippen LogP contribution is -2.26. The van der Waals surface area contributed by atoms with E-state index >= 15 is 0 Å². The summed E-state index contributed by atoms with van der Waals surface area (Å²) in [6, 6.07) is 96.3. The van der Waals surface area contributed by atoms with Crippen LogP contribution in [0.1, 0.15) is 22.3 Å². The highest BCUT2D eigenvalue weighted by Crippen LogP contribution is 2.63. The summed E-state index contributed by atoms with van der Waals surface area (Å²) in [5.41, 5.74) is 22.0. The van der Waals surface area contributed by atoms with Crippen LogP contribution in [0.2, 0.25) is 0 Å². The predicted octanol–water partition coefficient (Wildman–Crippen LogP) is 18.7. The molecule has 2 nitrogen and oxygen atoms in total. The topological polar surface area (TPSA) is 16.4 Å². The number of furan rings is 1. The fourth-order valence-electron chi connectivity index (χ4n) is 12.2. The minimum atomic E-state index is -0.474. The van der Waals surface area contributed by atoms with Gasteiger partial charge in [0.25, 0.3) is 0 Å². The monoisotopic (exact) mass is 901 g/mol. The Morgan fingerprint density at radius 2 is 0.775 bits per heavy atom. The van der Waals surface area contributed by atoms with Gasteiger partial charge in [0.15, 0.2) is 0 Å².